The summed E-state index contributed by atoms with van der Waals surface area (Å²) >= 11 is 0. The molecule has 0 unspecified atom stereocenters. The first-order valence-electron chi connectivity index (χ1n) is 10.8. The van der Waals surface area contributed by atoms with Crippen LogP contribution in [0, 0.1) is 0 Å². The van der Waals surface area contributed by atoms with Crippen molar-refractivity contribution in [3.05, 3.63) is 65.2 Å². The monoisotopic (exact) mass is 404 g/mol. The molecule has 0 radical (unpaired) electrons. The Morgan fingerprint density at radius 1 is 0.933 bits per heavy atom. The van der Waals surface area contributed by atoms with Gasteiger partial charge in [-0.25, -0.2) is 9.69 Å². The Kier molecular flexibility index (Phi) is 4.74. The van der Waals surface area contributed by atoms with Gasteiger partial charge in [0.2, 0.25) is 0 Å². The highest BCUT2D eigenvalue weighted by Gasteiger charge is 2.49. The van der Waals surface area contributed by atoms with E-state index in [4.69, 9.17) is 0 Å². The lowest BCUT2D eigenvalue weighted by Gasteiger charge is -2.37. The quantitative estimate of drug-likeness (QED) is 0.797. The van der Waals surface area contributed by atoms with Crippen LogP contribution in [0.2, 0.25) is 0 Å². The third kappa shape index (κ3) is 3.25. The van der Waals surface area contributed by atoms with E-state index in [1.54, 1.807) is 0 Å². The Hall–Kier alpha value is -2.86. The van der Waals surface area contributed by atoms with Gasteiger partial charge in [-0.05, 0) is 55.0 Å². The van der Waals surface area contributed by atoms with E-state index < -0.39 is 5.54 Å². The van der Waals surface area contributed by atoms with Gasteiger partial charge in [0.05, 0.1) is 6.67 Å². The van der Waals surface area contributed by atoms with Crippen LogP contribution in [0.15, 0.2) is 48.5 Å². The predicted molar refractivity (Wildman–Crippen MR) is 116 cm³/mol. The van der Waals surface area contributed by atoms with E-state index in [0.29, 0.717) is 6.67 Å². The molecule has 6 nitrogen and oxygen atoms in total. The molecule has 2 saturated heterocycles. The second-order valence-corrected chi connectivity index (χ2v) is 8.71. The van der Waals surface area contributed by atoms with Gasteiger partial charge in [0.15, 0.2) is 0 Å². The molecule has 2 aromatic rings. The highest BCUT2D eigenvalue weighted by atomic mass is 16.2. The standard InChI is InChI=1S/C24H28N4O2/c1-24(20-11-10-18-6-5-7-19(18)16-20)22(29)28(23(30)25-24)17-26-12-14-27(15-13-26)21-8-3-2-4-9-21/h2-4,8-11,16H,5-7,12-15,17H2,1H3,(H,25,30)/t24-/m1/s1. The molecule has 1 atom stereocenters. The number of urea groups is 1. The van der Waals surface area contributed by atoms with Crippen molar-refractivity contribution in [2.24, 2.45) is 0 Å². The smallest absolute Gasteiger partial charge is 0.326 e. The zero-order valence-electron chi connectivity index (χ0n) is 17.4. The average Bonchev–Trinajstić information content (AvgIpc) is 3.33. The molecule has 3 aliphatic rings. The molecule has 156 valence electrons. The summed E-state index contributed by atoms with van der Waals surface area (Å²) in [4.78, 5) is 31.9. The van der Waals surface area contributed by atoms with E-state index in [9.17, 15) is 9.59 Å². The van der Waals surface area contributed by atoms with Crippen LogP contribution in [-0.2, 0) is 23.2 Å². The molecule has 2 aliphatic heterocycles. The zero-order valence-corrected chi connectivity index (χ0v) is 17.4. The first-order chi connectivity index (χ1) is 14.5. The number of carbonyl (C=O) groups excluding carboxylic acids is 2. The number of aryl methyl sites for hydroxylation is 2. The molecule has 2 fully saturated rings. The molecule has 5 rings (SSSR count). The Labute approximate surface area is 177 Å². The number of rotatable bonds is 4. The summed E-state index contributed by atoms with van der Waals surface area (Å²) in [6, 6.07) is 16.3. The number of carbonyl (C=O) groups is 2. The summed E-state index contributed by atoms with van der Waals surface area (Å²) in [5, 5.41) is 2.96. The maximum atomic E-state index is 13.3. The van der Waals surface area contributed by atoms with Crippen LogP contribution in [0.5, 0.6) is 0 Å². The molecule has 1 aliphatic carbocycles. The van der Waals surface area contributed by atoms with E-state index >= 15 is 0 Å². The van der Waals surface area contributed by atoms with Gasteiger partial charge in [-0.1, -0.05) is 36.4 Å². The van der Waals surface area contributed by atoms with Gasteiger partial charge in [-0.3, -0.25) is 9.69 Å². The molecule has 1 N–H and O–H groups in total. The molecule has 0 aromatic heterocycles. The number of imide groups is 1. The maximum absolute atomic E-state index is 13.3. The number of fused-ring (bicyclic) bond motifs is 1. The topological polar surface area (TPSA) is 55.9 Å². The number of para-hydroxylation sites is 1. The predicted octanol–water partition coefficient (Wildman–Crippen LogP) is 2.72. The van der Waals surface area contributed by atoms with Crippen molar-refractivity contribution < 1.29 is 9.59 Å². The van der Waals surface area contributed by atoms with Crippen LogP contribution in [0.3, 0.4) is 0 Å². The number of hydrogen-bond donors (Lipinski definition) is 1. The number of nitrogens with zero attached hydrogens (tertiary/aromatic N) is 3. The fourth-order valence-electron chi connectivity index (χ4n) is 4.89. The summed E-state index contributed by atoms with van der Waals surface area (Å²) in [6.45, 7) is 5.58. The van der Waals surface area contributed by atoms with Crippen LogP contribution in [-0.4, -0.2) is 54.6 Å². The Morgan fingerprint density at radius 2 is 1.67 bits per heavy atom. The lowest BCUT2D eigenvalue weighted by Crippen LogP contribution is -2.51. The SMILES string of the molecule is C[C@]1(c2ccc3c(c2)CCC3)NC(=O)N(CN2CCN(c3ccccc3)CC2)C1=O. The number of piperazine rings is 1. The average molecular weight is 405 g/mol. The van der Waals surface area contributed by atoms with Gasteiger partial charge in [-0.15, -0.1) is 0 Å². The molecular formula is C24H28N4O2. The minimum Gasteiger partial charge on any atom is -0.369 e. The third-order valence-corrected chi connectivity index (χ3v) is 6.79. The molecule has 2 heterocycles. The van der Waals surface area contributed by atoms with Crippen LogP contribution >= 0.6 is 0 Å². The van der Waals surface area contributed by atoms with Crippen molar-refractivity contribution in [3.8, 4) is 0 Å². The minimum atomic E-state index is -0.986. The van der Waals surface area contributed by atoms with Crippen LogP contribution in [0.4, 0.5) is 10.5 Å². The van der Waals surface area contributed by atoms with E-state index in [2.05, 4.69) is 51.5 Å². The maximum Gasteiger partial charge on any atom is 0.326 e. The number of anilines is 1. The Bertz CT molecular complexity index is 968. The van der Waals surface area contributed by atoms with E-state index in [0.717, 1.165) is 51.0 Å². The first-order valence-corrected chi connectivity index (χ1v) is 10.8. The highest BCUT2D eigenvalue weighted by Crippen LogP contribution is 2.32. The van der Waals surface area contributed by atoms with E-state index in [-0.39, 0.29) is 11.9 Å². The summed E-state index contributed by atoms with van der Waals surface area (Å²) in [7, 11) is 0. The number of hydrogen-bond acceptors (Lipinski definition) is 4. The van der Waals surface area contributed by atoms with Crippen LogP contribution in [0.1, 0.15) is 30.0 Å². The van der Waals surface area contributed by atoms with Gasteiger partial charge in [0.25, 0.3) is 5.91 Å². The fourth-order valence-corrected chi connectivity index (χ4v) is 4.89. The van der Waals surface area contributed by atoms with Crippen molar-refractivity contribution in [3.63, 3.8) is 0 Å². The second kappa shape index (κ2) is 7.43. The van der Waals surface area contributed by atoms with Gasteiger partial charge in [0.1, 0.15) is 5.54 Å². The molecule has 0 spiro atoms. The van der Waals surface area contributed by atoms with Crippen molar-refractivity contribution >= 4 is 17.6 Å². The van der Waals surface area contributed by atoms with Crippen molar-refractivity contribution in [2.45, 2.75) is 31.7 Å². The Balaban J connectivity index is 1.26. The largest absolute Gasteiger partial charge is 0.369 e. The van der Waals surface area contributed by atoms with Crippen LogP contribution < -0.4 is 10.2 Å². The third-order valence-electron chi connectivity index (χ3n) is 6.79. The number of benzene rings is 2. The molecule has 0 bridgehead atoms. The lowest BCUT2D eigenvalue weighted by molar-refractivity contribution is -0.132. The minimum absolute atomic E-state index is 0.157. The summed E-state index contributed by atoms with van der Waals surface area (Å²) in [5.41, 5.74) is 3.80. The van der Waals surface area contributed by atoms with Gasteiger partial charge in [0, 0.05) is 31.9 Å². The molecule has 2 aromatic carbocycles. The van der Waals surface area contributed by atoms with Crippen molar-refractivity contribution in [1.82, 2.24) is 15.1 Å². The lowest BCUT2D eigenvalue weighted by atomic mass is 9.90. The first kappa shape index (κ1) is 19.1. The van der Waals surface area contributed by atoms with E-state index in [1.165, 1.54) is 21.7 Å². The zero-order chi connectivity index (χ0) is 20.7. The summed E-state index contributed by atoms with van der Waals surface area (Å²) in [5.74, 6) is -0.157. The summed E-state index contributed by atoms with van der Waals surface area (Å²) < 4.78 is 0. The Morgan fingerprint density at radius 3 is 2.43 bits per heavy atom. The second-order valence-electron chi connectivity index (χ2n) is 8.71. The fraction of sp³-hybridized carbons (Fsp3) is 0.417. The number of nitrogens with one attached hydrogen (secondary N) is 1. The normalized spacial score (nSPS) is 24.3. The summed E-state index contributed by atoms with van der Waals surface area (Å²) in [6.07, 6.45) is 3.32. The molecule has 6 heteroatoms. The molecule has 0 saturated carbocycles. The van der Waals surface area contributed by atoms with Gasteiger partial charge < -0.3 is 10.2 Å². The van der Waals surface area contributed by atoms with E-state index in [1.807, 2.05) is 19.1 Å². The number of amides is 3. The van der Waals surface area contributed by atoms with Crippen molar-refractivity contribution in [2.75, 3.05) is 37.7 Å². The molecular weight excluding hydrogens is 376 g/mol. The van der Waals surface area contributed by atoms with Gasteiger partial charge in [-0.2, -0.15) is 0 Å². The van der Waals surface area contributed by atoms with Crippen molar-refractivity contribution in [1.29, 1.82) is 0 Å². The van der Waals surface area contributed by atoms with Gasteiger partial charge >= 0.3 is 6.03 Å². The molecule has 30 heavy (non-hydrogen) atoms. The molecule has 3 amide bonds. The van der Waals surface area contributed by atoms with Crippen LogP contribution in [0.25, 0.3) is 0 Å². The highest BCUT2D eigenvalue weighted by molar-refractivity contribution is 6.07.